The normalized spacial score (nSPS) is 10.6. The van der Waals surface area contributed by atoms with Crippen LogP contribution in [0.15, 0.2) is 36.5 Å². The molecule has 0 bridgehead atoms. The van der Waals surface area contributed by atoms with E-state index < -0.39 is 0 Å². The summed E-state index contributed by atoms with van der Waals surface area (Å²) >= 11 is 0. The van der Waals surface area contributed by atoms with E-state index in [4.69, 9.17) is 0 Å². The summed E-state index contributed by atoms with van der Waals surface area (Å²) in [6.45, 7) is 1.41. The van der Waals surface area contributed by atoms with E-state index in [-0.39, 0.29) is 10.6 Å². The Balaban J connectivity index is 1.79. The monoisotopic (exact) mass is 260 g/mol. The molecule has 0 unspecified atom stereocenters. The number of nitro groups is 1. The second-order valence-corrected chi connectivity index (χ2v) is 4.33. The van der Waals surface area contributed by atoms with Gasteiger partial charge in [-0.15, -0.1) is 0 Å². The Labute approximate surface area is 111 Å². The first-order chi connectivity index (χ1) is 9.15. The van der Waals surface area contributed by atoms with Crippen LogP contribution in [0.3, 0.4) is 0 Å². The Kier molecular flexibility index (Phi) is 4.25. The van der Waals surface area contributed by atoms with Gasteiger partial charge in [0.2, 0.25) is 0 Å². The van der Waals surface area contributed by atoms with Crippen molar-refractivity contribution in [1.82, 2.24) is 15.1 Å². The van der Waals surface area contributed by atoms with Gasteiger partial charge in [-0.3, -0.25) is 14.8 Å². The van der Waals surface area contributed by atoms with Crippen LogP contribution in [0, 0.1) is 10.1 Å². The minimum absolute atomic E-state index is 0.129. The van der Waals surface area contributed by atoms with Crippen LogP contribution in [-0.2, 0) is 20.0 Å². The van der Waals surface area contributed by atoms with Crippen LogP contribution in [0.1, 0.15) is 11.3 Å². The van der Waals surface area contributed by atoms with Crippen molar-refractivity contribution in [2.45, 2.75) is 13.0 Å². The molecule has 1 aromatic heterocycles. The van der Waals surface area contributed by atoms with Gasteiger partial charge in [-0.05, 0) is 11.6 Å². The summed E-state index contributed by atoms with van der Waals surface area (Å²) in [6.07, 6.45) is 2.76. The highest BCUT2D eigenvalue weighted by atomic mass is 16.6. The van der Waals surface area contributed by atoms with Crippen molar-refractivity contribution in [2.24, 2.45) is 7.05 Å². The number of hydrogen-bond acceptors (Lipinski definition) is 4. The van der Waals surface area contributed by atoms with Gasteiger partial charge in [0.1, 0.15) is 0 Å². The van der Waals surface area contributed by atoms with Gasteiger partial charge in [0, 0.05) is 44.9 Å². The Morgan fingerprint density at radius 1 is 1.42 bits per heavy atom. The van der Waals surface area contributed by atoms with E-state index >= 15 is 0 Å². The fraction of sp³-hybridized carbons (Fsp3) is 0.308. The van der Waals surface area contributed by atoms with E-state index in [0.717, 1.165) is 24.2 Å². The lowest BCUT2D eigenvalue weighted by Gasteiger charge is -2.03. The van der Waals surface area contributed by atoms with E-state index in [1.54, 1.807) is 16.8 Å². The lowest BCUT2D eigenvalue weighted by Crippen LogP contribution is -2.17. The standard InChI is InChI=1S/C13H16N4O2/c1-16-8-6-12(15-16)5-7-14-10-11-3-2-4-13(9-11)17(18)19/h2-4,6,8-9,14H,5,7,10H2,1H3. The fourth-order valence-electron chi connectivity index (χ4n) is 1.83. The van der Waals surface area contributed by atoms with Crippen molar-refractivity contribution in [3.63, 3.8) is 0 Å². The maximum absolute atomic E-state index is 10.6. The molecule has 0 aliphatic carbocycles. The summed E-state index contributed by atoms with van der Waals surface area (Å²) in [6, 6.07) is 8.65. The molecule has 0 atom stereocenters. The molecule has 1 aromatic carbocycles. The van der Waals surface area contributed by atoms with Gasteiger partial charge in [0.15, 0.2) is 0 Å². The highest BCUT2D eigenvalue weighted by molar-refractivity contribution is 5.34. The molecule has 19 heavy (non-hydrogen) atoms. The maximum atomic E-state index is 10.6. The van der Waals surface area contributed by atoms with Gasteiger partial charge in [0.05, 0.1) is 10.6 Å². The molecular weight excluding hydrogens is 244 g/mol. The smallest absolute Gasteiger partial charge is 0.269 e. The molecule has 0 spiro atoms. The molecule has 0 amide bonds. The van der Waals surface area contributed by atoms with Crippen molar-refractivity contribution in [3.05, 3.63) is 57.9 Å². The number of rotatable bonds is 6. The van der Waals surface area contributed by atoms with Crippen LogP contribution in [0.4, 0.5) is 5.69 Å². The molecule has 0 saturated carbocycles. The van der Waals surface area contributed by atoms with E-state index in [2.05, 4.69) is 10.4 Å². The molecule has 0 aliphatic heterocycles. The first-order valence-electron chi connectivity index (χ1n) is 6.08. The molecule has 6 nitrogen and oxygen atoms in total. The number of hydrogen-bond donors (Lipinski definition) is 1. The number of nitrogens with one attached hydrogen (secondary N) is 1. The van der Waals surface area contributed by atoms with Crippen molar-refractivity contribution in [3.8, 4) is 0 Å². The molecule has 2 rings (SSSR count). The molecule has 0 aliphatic rings. The molecule has 2 aromatic rings. The van der Waals surface area contributed by atoms with Crippen molar-refractivity contribution >= 4 is 5.69 Å². The maximum Gasteiger partial charge on any atom is 0.269 e. The molecule has 0 fully saturated rings. The van der Waals surface area contributed by atoms with Crippen LogP contribution < -0.4 is 5.32 Å². The number of nitrogens with zero attached hydrogens (tertiary/aromatic N) is 3. The van der Waals surface area contributed by atoms with E-state index in [9.17, 15) is 10.1 Å². The number of aromatic nitrogens is 2. The highest BCUT2D eigenvalue weighted by Gasteiger charge is 2.05. The largest absolute Gasteiger partial charge is 0.312 e. The zero-order valence-electron chi connectivity index (χ0n) is 10.7. The topological polar surface area (TPSA) is 73.0 Å². The van der Waals surface area contributed by atoms with E-state index in [0.29, 0.717) is 6.54 Å². The van der Waals surface area contributed by atoms with E-state index in [1.807, 2.05) is 25.4 Å². The zero-order valence-corrected chi connectivity index (χ0v) is 10.7. The molecule has 100 valence electrons. The van der Waals surface area contributed by atoms with Crippen LogP contribution >= 0.6 is 0 Å². The summed E-state index contributed by atoms with van der Waals surface area (Å²) in [5, 5.41) is 18.2. The lowest BCUT2D eigenvalue weighted by atomic mass is 10.2. The summed E-state index contributed by atoms with van der Waals surface area (Å²) < 4.78 is 1.77. The van der Waals surface area contributed by atoms with Crippen LogP contribution in [0.25, 0.3) is 0 Å². The summed E-state index contributed by atoms with van der Waals surface area (Å²) in [7, 11) is 1.89. The number of benzene rings is 1. The quantitative estimate of drug-likeness (QED) is 0.487. The molecule has 0 radical (unpaired) electrons. The second-order valence-electron chi connectivity index (χ2n) is 4.33. The third-order valence-corrected chi connectivity index (χ3v) is 2.78. The predicted octanol–water partition coefficient (Wildman–Crippen LogP) is 1.66. The minimum atomic E-state index is -0.378. The zero-order chi connectivity index (χ0) is 13.7. The first kappa shape index (κ1) is 13.2. The Bertz CT molecular complexity index is 565. The SMILES string of the molecule is Cn1ccc(CCNCc2cccc([N+](=O)[O-])c2)n1. The van der Waals surface area contributed by atoms with Crippen LogP contribution in [0.2, 0.25) is 0 Å². The van der Waals surface area contributed by atoms with Gasteiger partial charge in [0.25, 0.3) is 5.69 Å². The van der Waals surface area contributed by atoms with Crippen LogP contribution in [-0.4, -0.2) is 21.2 Å². The van der Waals surface area contributed by atoms with Gasteiger partial charge < -0.3 is 5.32 Å². The molecule has 1 N–H and O–H groups in total. The Morgan fingerprint density at radius 2 is 2.26 bits per heavy atom. The van der Waals surface area contributed by atoms with Gasteiger partial charge in [-0.1, -0.05) is 12.1 Å². The number of aryl methyl sites for hydroxylation is 1. The highest BCUT2D eigenvalue weighted by Crippen LogP contribution is 2.12. The van der Waals surface area contributed by atoms with Gasteiger partial charge in [-0.25, -0.2) is 0 Å². The summed E-state index contributed by atoms with van der Waals surface area (Å²) in [5.41, 5.74) is 2.08. The summed E-state index contributed by atoms with van der Waals surface area (Å²) in [5.74, 6) is 0. The fourth-order valence-corrected chi connectivity index (χ4v) is 1.83. The first-order valence-corrected chi connectivity index (χ1v) is 6.08. The van der Waals surface area contributed by atoms with Crippen molar-refractivity contribution in [1.29, 1.82) is 0 Å². The molecule has 0 saturated heterocycles. The van der Waals surface area contributed by atoms with Crippen molar-refractivity contribution in [2.75, 3.05) is 6.54 Å². The number of non-ortho nitro benzene ring substituents is 1. The van der Waals surface area contributed by atoms with Gasteiger partial charge >= 0.3 is 0 Å². The lowest BCUT2D eigenvalue weighted by molar-refractivity contribution is -0.384. The van der Waals surface area contributed by atoms with E-state index in [1.165, 1.54) is 6.07 Å². The third kappa shape index (κ3) is 3.89. The van der Waals surface area contributed by atoms with Crippen molar-refractivity contribution < 1.29 is 4.92 Å². The second kappa shape index (κ2) is 6.10. The Morgan fingerprint density at radius 3 is 2.95 bits per heavy atom. The van der Waals surface area contributed by atoms with Gasteiger partial charge in [-0.2, -0.15) is 5.10 Å². The average Bonchev–Trinajstić information content (AvgIpc) is 2.81. The Hall–Kier alpha value is -2.21. The summed E-state index contributed by atoms with van der Waals surface area (Å²) in [4.78, 5) is 10.3. The molecular formula is C13H16N4O2. The number of nitro benzene ring substituents is 1. The third-order valence-electron chi connectivity index (χ3n) is 2.78. The van der Waals surface area contributed by atoms with Crippen LogP contribution in [0.5, 0.6) is 0 Å². The minimum Gasteiger partial charge on any atom is -0.312 e. The predicted molar refractivity (Wildman–Crippen MR) is 71.7 cm³/mol. The average molecular weight is 260 g/mol. The molecule has 6 heteroatoms. The molecule has 1 heterocycles.